The van der Waals surface area contributed by atoms with Crippen molar-refractivity contribution in [1.29, 1.82) is 0 Å². The zero-order valence-electron chi connectivity index (χ0n) is 23.2. The van der Waals surface area contributed by atoms with Crippen LogP contribution in [0.5, 0.6) is 11.5 Å². The van der Waals surface area contributed by atoms with Crippen molar-refractivity contribution in [2.45, 2.75) is 6.92 Å². The molecule has 212 valence electrons. The summed E-state index contributed by atoms with van der Waals surface area (Å²) < 4.78 is 7.02. The van der Waals surface area contributed by atoms with E-state index in [1.165, 1.54) is 24.1 Å². The van der Waals surface area contributed by atoms with E-state index in [2.05, 4.69) is 15.6 Å². The molecule has 1 aromatic heterocycles. The van der Waals surface area contributed by atoms with Crippen molar-refractivity contribution in [1.82, 2.24) is 15.0 Å². The number of ether oxygens (including phenoxy) is 1. The number of amides is 2. The average molecular weight is 572 g/mol. The van der Waals surface area contributed by atoms with Crippen molar-refractivity contribution < 1.29 is 24.2 Å². The third kappa shape index (κ3) is 5.02. The number of phenols is 1. The summed E-state index contributed by atoms with van der Waals surface area (Å²) in [5, 5.41) is 22.6. The van der Waals surface area contributed by atoms with E-state index in [-0.39, 0.29) is 28.3 Å². The highest BCUT2D eigenvalue weighted by molar-refractivity contribution is 6.12. The minimum atomic E-state index is -0.764. The first-order chi connectivity index (χ1) is 20.8. The maximum absolute atomic E-state index is 13.6. The summed E-state index contributed by atoms with van der Waals surface area (Å²) in [6.45, 7) is 1.85. The molecular weight excluding hydrogens is 546 g/mol. The normalized spacial score (nSPS) is 10.9. The van der Waals surface area contributed by atoms with Crippen molar-refractivity contribution in [2.24, 2.45) is 0 Å². The molecule has 0 saturated carbocycles. The standard InChI is InChI=1S/C33H25N5O5/c1-20-11-3-7-15-25(20)34-31(40)24-19-29(21-12-4-5-13-22(21)30(24)39)43-32(41)23-14-6-9-17-27(23)37(2)33(42)38-28-18-10-8-16-26(28)35-36-38/h3-19,39H,1-2H3,(H,34,40). The number of carbonyl (C=O) groups excluding carboxylic acids is 3. The van der Waals surface area contributed by atoms with Crippen LogP contribution in [0.15, 0.2) is 103 Å². The van der Waals surface area contributed by atoms with Crippen LogP contribution in [-0.2, 0) is 0 Å². The van der Waals surface area contributed by atoms with Gasteiger partial charge in [-0.1, -0.05) is 71.9 Å². The number of para-hydroxylation sites is 3. The van der Waals surface area contributed by atoms with E-state index in [0.29, 0.717) is 27.5 Å². The van der Waals surface area contributed by atoms with E-state index in [1.54, 1.807) is 78.9 Å². The van der Waals surface area contributed by atoms with Gasteiger partial charge >= 0.3 is 12.0 Å². The predicted molar refractivity (Wildman–Crippen MR) is 163 cm³/mol. The van der Waals surface area contributed by atoms with Crippen LogP contribution < -0.4 is 15.0 Å². The molecule has 0 unspecified atom stereocenters. The molecule has 6 rings (SSSR count). The quantitative estimate of drug-likeness (QED) is 0.187. The average Bonchev–Trinajstić information content (AvgIpc) is 3.47. The van der Waals surface area contributed by atoms with Crippen LogP contribution in [0.4, 0.5) is 16.2 Å². The Hall–Kier alpha value is -6.03. The highest BCUT2D eigenvalue weighted by Crippen LogP contribution is 2.37. The molecule has 0 aliphatic heterocycles. The van der Waals surface area contributed by atoms with Gasteiger partial charge in [0.1, 0.15) is 17.0 Å². The summed E-state index contributed by atoms with van der Waals surface area (Å²) in [7, 11) is 1.52. The van der Waals surface area contributed by atoms with Crippen LogP contribution in [0.3, 0.4) is 0 Å². The maximum Gasteiger partial charge on any atom is 0.350 e. The number of rotatable bonds is 5. The Balaban J connectivity index is 1.34. The molecule has 0 saturated heterocycles. The molecule has 43 heavy (non-hydrogen) atoms. The van der Waals surface area contributed by atoms with Gasteiger partial charge in [-0.3, -0.25) is 9.69 Å². The topological polar surface area (TPSA) is 127 Å². The van der Waals surface area contributed by atoms with Gasteiger partial charge in [0.2, 0.25) is 0 Å². The highest BCUT2D eigenvalue weighted by atomic mass is 16.5. The number of aryl methyl sites for hydroxylation is 1. The second-order valence-electron chi connectivity index (χ2n) is 9.82. The number of aromatic hydroxyl groups is 1. The molecule has 10 heteroatoms. The van der Waals surface area contributed by atoms with Crippen molar-refractivity contribution in [2.75, 3.05) is 17.3 Å². The van der Waals surface area contributed by atoms with E-state index in [4.69, 9.17) is 4.74 Å². The van der Waals surface area contributed by atoms with Crippen molar-refractivity contribution in [3.63, 3.8) is 0 Å². The number of carbonyl (C=O) groups is 3. The van der Waals surface area contributed by atoms with Crippen LogP contribution in [0.1, 0.15) is 26.3 Å². The molecule has 0 bridgehead atoms. The summed E-state index contributed by atoms with van der Waals surface area (Å²) in [6.07, 6.45) is 0. The smallest absolute Gasteiger partial charge is 0.350 e. The number of esters is 1. The Morgan fingerprint density at radius 2 is 1.51 bits per heavy atom. The molecule has 0 atom stereocenters. The largest absolute Gasteiger partial charge is 0.506 e. The maximum atomic E-state index is 13.6. The van der Waals surface area contributed by atoms with Gasteiger partial charge in [0.15, 0.2) is 0 Å². The second kappa shape index (κ2) is 11.1. The third-order valence-corrected chi connectivity index (χ3v) is 7.12. The molecule has 10 nitrogen and oxygen atoms in total. The Bertz CT molecular complexity index is 2050. The lowest BCUT2D eigenvalue weighted by atomic mass is 10.0. The number of nitrogens with zero attached hydrogens (tertiary/aromatic N) is 4. The van der Waals surface area contributed by atoms with E-state index in [1.807, 2.05) is 19.1 Å². The fourth-order valence-electron chi connectivity index (χ4n) is 4.84. The highest BCUT2D eigenvalue weighted by Gasteiger charge is 2.25. The number of hydrogen-bond acceptors (Lipinski definition) is 7. The molecule has 1 heterocycles. The molecule has 0 fully saturated rings. The van der Waals surface area contributed by atoms with E-state index < -0.39 is 17.9 Å². The van der Waals surface area contributed by atoms with Crippen LogP contribution in [-0.4, -0.2) is 45.1 Å². The summed E-state index contributed by atoms with van der Waals surface area (Å²) in [5.74, 6) is -1.51. The number of aromatic nitrogens is 3. The summed E-state index contributed by atoms with van der Waals surface area (Å²) >= 11 is 0. The van der Waals surface area contributed by atoms with Crippen molar-refractivity contribution in [3.8, 4) is 11.5 Å². The Morgan fingerprint density at radius 1 is 0.837 bits per heavy atom. The van der Waals surface area contributed by atoms with Gasteiger partial charge in [-0.05, 0) is 48.9 Å². The number of anilines is 2. The van der Waals surface area contributed by atoms with E-state index >= 15 is 0 Å². The number of hydrogen-bond donors (Lipinski definition) is 2. The van der Waals surface area contributed by atoms with Crippen LogP contribution >= 0.6 is 0 Å². The molecule has 0 aliphatic rings. The monoisotopic (exact) mass is 571 g/mol. The first-order valence-electron chi connectivity index (χ1n) is 13.3. The number of nitrogens with one attached hydrogen (secondary N) is 1. The Kier molecular flexibility index (Phi) is 7.01. The van der Waals surface area contributed by atoms with Gasteiger partial charge in [0.25, 0.3) is 5.91 Å². The van der Waals surface area contributed by atoms with E-state index in [9.17, 15) is 19.5 Å². The van der Waals surface area contributed by atoms with Crippen molar-refractivity contribution >= 4 is 51.1 Å². The lowest BCUT2D eigenvalue weighted by Gasteiger charge is -2.20. The SMILES string of the molecule is Cc1ccccc1NC(=O)c1cc(OC(=O)c2ccccc2N(C)C(=O)n2nnc3ccccc32)c2ccccc2c1O. The Morgan fingerprint density at radius 3 is 2.33 bits per heavy atom. The molecular formula is C33H25N5O5. The molecule has 5 aromatic carbocycles. The minimum Gasteiger partial charge on any atom is -0.506 e. The Labute approximate surface area is 245 Å². The summed E-state index contributed by atoms with van der Waals surface area (Å²) in [5.41, 5.74) is 2.81. The number of benzene rings is 5. The molecule has 2 amide bonds. The summed E-state index contributed by atoms with van der Waals surface area (Å²) in [4.78, 5) is 41.6. The molecule has 0 radical (unpaired) electrons. The van der Waals surface area contributed by atoms with Crippen LogP contribution in [0, 0.1) is 6.92 Å². The number of phenolic OH excluding ortho intramolecular Hbond substituents is 1. The van der Waals surface area contributed by atoms with Gasteiger partial charge < -0.3 is 15.2 Å². The second-order valence-corrected chi connectivity index (χ2v) is 9.82. The molecule has 0 spiro atoms. The van der Waals surface area contributed by atoms with Gasteiger partial charge in [-0.25, -0.2) is 9.59 Å². The predicted octanol–water partition coefficient (Wildman–Crippen LogP) is 6.17. The fourth-order valence-corrected chi connectivity index (χ4v) is 4.84. The first kappa shape index (κ1) is 27.2. The zero-order chi connectivity index (χ0) is 30.1. The lowest BCUT2D eigenvalue weighted by molar-refractivity contribution is 0.0736. The van der Waals surface area contributed by atoms with E-state index in [0.717, 1.165) is 10.2 Å². The minimum absolute atomic E-state index is 0.0663. The van der Waals surface area contributed by atoms with Crippen molar-refractivity contribution in [3.05, 3.63) is 120 Å². The third-order valence-electron chi connectivity index (χ3n) is 7.12. The van der Waals surface area contributed by atoms with Crippen LogP contribution in [0.25, 0.3) is 21.8 Å². The molecule has 2 N–H and O–H groups in total. The van der Waals surface area contributed by atoms with Gasteiger partial charge in [-0.2, -0.15) is 4.68 Å². The van der Waals surface area contributed by atoms with Gasteiger partial charge in [-0.15, -0.1) is 5.10 Å². The fraction of sp³-hybridized carbons (Fsp3) is 0.0606. The first-order valence-corrected chi connectivity index (χ1v) is 13.3. The van der Waals surface area contributed by atoms with Gasteiger partial charge in [0, 0.05) is 23.5 Å². The molecule has 6 aromatic rings. The molecule has 0 aliphatic carbocycles. The summed E-state index contributed by atoms with van der Waals surface area (Å²) in [6, 6.07) is 28.4. The number of fused-ring (bicyclic) bond motifs is 2. The lowest BCUT2D eigenvalue weighted by Crippen LogP contribution is -2.33. The van der Waals surface area contributed by atoms with Crippen LogP contribution in [0.2, 0.25) is 0 Å². The zero-order valence-corrected chi connectivity index (χ0v) is 23.2. The van der Waals surface area contributed by atoms with Gasteiger partial charge in [0.05, 0.1) is 22.3 Å².